The van der Waals surface area contributed by atoms with Gasteiger partial charge in [-0.15, -0.1) is 0 Å². The Morgan fingerprint density at radius 1 is 1.18 bits per heavy atom. The summed E-state index contributed by atoms with van der Waals surface area (Å²) >= 11 is 0. The smallest absolute Gasteiger partial charge is 0.324 e. The number of hydrogen-bond donors (Lipinski definition) is 1. The molecule has 3 rings (SSSR count). The van der Waals surface area contributed by atoms with E-state index in [1.165, 1.54) is 0 Å². The number of fused-ring (bicyclic) bond motifs is 1. The van der Waals surface area contributed by atoms with E-state index in [0.29, 0.717) is 30.0 Å². The highest BCUT2D eigenvalue weighted by Gasteiger charge is 2.47. The molecule has 2 heterocycles. The molecule has 1 unspecified atom stereocenters. The number of halogens is 3. The first-order valence-electron chi connectivity index (χ1n) is 9.22. The Bertz CT molecular complexity index is 807. The molecule has 2 aliphatic rings. The highest BCUT2D eigenvalue weighted by molar-refractivity contribution is 6.00. The fourth-order valence-electron chi connectivity index (χ4n) is 3.69. The molecule has 2 aliphatic heterocycles. The highest BCUT2D eigenvalue weighted by Crippen LogP contribution is 2.32. The number of amides is 3. The van der Waals surface area contributed by atoms with Crippen molar-refractivity contribution in [3.63, 3.8) is 0 Å². The first kappa shape index (κ1) is 20.2. The molecule has 0 saturated carbocycles. The van der Waals surface area contributed by atoms with Gasteiger partial charge in [0.15, 0.2) is 0 Å². The molecular weight excluding hydrogens is 375 g/mol. The van der Waals surface area contributed by atoms with Crippen molar-refractivity contribution in [1.29, 1.82) is 0 Å². The SMILES string of the molecule is CC(C)C(=O)N1CCc2cc(NC(=O)C3CCCN3C(=O)C(F)(F)F)ccc21. The molecule has 28 heavy (non-hydrogen) atoms. The molecule has 1 aromatic carbocycles. The van der Waals surface area contributed by atoms with Gasteiger partial charge < -0.3 is 15.1 Å². The zero-order valence-electron chi connectivity index (χ0n) is 15.7. The van der Waals surface area contributed by atoms with Crippen LogP contribution in [0.1, 0.15) is 32.3 Å². The van der Waals surface area contributed by atoms with Crippen LogP contribution in [0.25, 0.3) is 0 Å². The second-order valence-electron chi connectivity index (χ2n) is 7.38. The number of rotatable bonds is 3. The van der Waals surface area contributed by atoms with E-state index in [0.717, 1.165) is 11.3 Å². The van der Waals surface area contributed by atoms with Crippen LogP contribution in [0.2, 0.25) is 0 Å². The quantitative estimate of drug-likeness (QED) is 0.853. The Balaban J connectivity index is 1.72. The lowest BCUT2D eigenvalue weighted by Gasteiger charge is -2.25. The first-order chi connectivity index (χ1) is 13.1. The second-order valence-corrected chi connectivity index (χ2v) is 7.38. The number of benzene rings is 1. The lowest BCUT2D eigenvalue weighted by molar-refractivity contribution is -0.186. The van der Waals surface area contributed by atoms with E-state index >= 15 is 0 Å². The van der Waals surface area contributed by atoms with E-state index in [2.05, 4.69) is 5.32 Å². The molecule has 1 saturated heterocycles. The zero-order chi connectivity index (χ0) is 20.6. The number of nitrogens with one attached hydrogen (secondary N) is 1. The van der Waals surface area contributed by atoms with Crippen LogP contribution in [0.3, 0.4) is 0 Å². The average molecular weight is 397 g/mol. The lowest BCUT2D eigenvalue weighted by Crippen LogP contribution is -2.48. The van der Waals surface area contributed by atoms with Gasteiger partial charge in [0.1, 0.15) is 6.04 Å². The number of nitrogens with zero attached hydrogens (tertiary/aromatic N) is 2. The predicted molar refractivity (Wildman–Crippen MR) is 96.8 cm³/mol. The van der Waals surface area contributed by atoms with E-state index < -0.39 is 24.0 Å². The largest absolute Gasteiger partial charge is 0.471 e. The average Bonchev–Trinajstić information content (AvgIpc) is 3.26. The van der Waals surface area contributed by atoms with Gasteiger partial charge in [0.05, 0.1) is 0 Å². The summed E-state index contributed by atoms with van der Waals surface area (Å²) < 4.78 is 38.2. The summed E-state index contributed by atoms with van der Waals surface area (Å²) in [6, 6.07) is 3.94. The number of carbonyl (C=O) groups is 3. The maximum Gasteiger partial charge on any atom is 0.471 e. The van der Waals surface area contributed by atoms with Crippen molar-refractivity contribution in [3.8, 4) is 0 Å². The van der Waals surface area contributed by atoms with Crippen molar-refractivity contribution >= 4 is 29.1 Å². The van der Waals surface area contributed by atoms with Gasteiger partial charge in [0.2, 0.25) is 11.8 Å². The Hall–Kier alpha value is -2.58. The first-order valence-corrected chi connectivity index (χ1v) is 9.22. The van der Waals surface area contributed by atoms with Crippen LogP contribution in [0.15, 0.2) is 18.2 Å². The van der Waals surface area contributed by atoms with Crippen molar-refractivity contribution in [1.82, 2.24) is 4.90 Å². The van der Waals surface area contributed by atoms with E-state index in [-0.39, 0.29) is 24.8 Å². The molecule has 9 heteroatoms. The third kappa shape index (κ3) is 3.83. The van der Waals surface area contributed by atoms with Crippen molar-refractivity contribution in [2.75, 3.05) is 23.3 Å². The van der Waals surface area contributed by atoms with Gasteiger partial charge in [-0.05, 0) is 43.0 Å². The fourth-order valence-corrected chi connectivity index (χ4v) is 3.69. The second kappa shape index (κ2) is 7.44. The van der Waals surface area contributed by atoms with E-state index in [1.54, 1.807) is 23.1 Å². The molecule has 0 aliphatic carbocycles. The molecule has 6 nitrogen and oxygen atoms in total. The summed E-state index contributed by atoms with van der Waals surface area (Å²) in [4.78, 5) is 38.5. The standard InChI is InChI=1S/C19H22F3N3O3/c1-11(2)17(27)24-9-7-12-10-13(5-6-14(12)24)23-16(26)15-4-3-8-25(15)18(28)19(20,21)22/h5-6,10-11,15H,3-4,7-9H2,1-2H3,(H,23,26). The van der Waals surface area contributed by atoms with Crippen LogP contribution in [-0.2, 0) is 20.8 Å². The number of likely N-dealkylation sites (tertiary alicyclic amines) is 1. The maximum absolute atomic E-state index is 12.7. The molecule has 0 radical (unpaired) electrons. The molecule has 1 fully saturated rings. The molecule has 0 bridgehead atoms. The number of carbonyl (C=O) groups excluding carboxylic acids is 3. The maximum atomic E-state index is 12.7. The van der Waals surface area contributed by atoms with Gasteiger partial charge in [0, 0.05) is 30.4 Å². The molecule has 1 aromatic rings. The topological polar surface area (TPSA) is 69.7 Å². The van der Waals surface area contributed by atoms with Crippen LogP contribution in [-0.4, -0.2) is 47.9 Å². The molecule has 0 aromatic heterocycles. The van der Waals surface area contributed by atoms with E-state index in [4.69, 9.17) is 0 Å². The minimum absolute atomic E-state index is 0.0165. The summed E-state index contributed by atoms with van der Waals surface area (Å²) in [6.07, 6.45) is -3.83. The lowest BCUT2D eigenvalue weighted by atomic mass is 10.1. The normalized spacial score (nSPS) is 19.1. The predicted octanol–water partition coefficient (Wildman–Crippen LogP) is 2.72. The molecular formula is C19H22F3N3O3. The summed E-state index contributed by atoms with van der Waals surface area (Å²) in [5, 5.41) is 2.61. The Labute approximate surface area is 160 Å². The van der Waals surface area contributed by atoms with Gasteiger partial charge in [-0.3, -0.25) is 14.4 Å². The Morgan fingerprint density at radius 2 is 1.89 bits per heavy atom. The Kier molecular flexibility index (Phi) is 5.36. The van der Waals surface area contributed by atoms with Gasteiger partial charge in [-0.2, -0.15) is 13.2 Å². The van der Waals surface area contributed by atoms with Crippen LogP contribution < -0.4 is 10.2 Å². The van der Waals surface area contributed by atoms with Gasteiger partial charge >= 0.3 is 12.1 Å². The number of alkyl halides is 3. The van der Waals surface area contributed by atoms with Gasteiger partial charge in [0.25, 0.3) is 0 Å². The van der Waals surface area contributed by atoms with Gasteiger partial charge in [-0.25, -0.2) is 0 Å². The number of hydrogen-bond acceptors (Lipinski definition) is 3. The van der Waals surface area contributed by atoms with Crippen LogP contribution in [0.4, 0.5) is 24.5 Å². The monoisotopic (exact) mass is 397 g/mol. The third-order valence-corrected chi connectivity index (χ3v) is 5.06. The van der Waals surface area contributed by atoms with Crippen molar-refractivity contribution in [2.24, 2.45) is 5.92 Å². The molecule has 3 amide bonds. The third-order valence-electron chi connectivity index (χ3n) is 5.06. The van der Waals surface area contributed by atoms with Crippen molar-refractivity contribution in [2.45, 2.75) is 45.3 Å². The van der Waals surface area contributed by atoms with Crippen LogP contribution >= 0.6 is 0 Å². The molecule has 0 spiro atoms. The fraction of sp³-hybridized carbons (Fsp3) is 0.526. The van der Waals surface area contributed by atoms with Crippen molar-refractivity contribution in [3.05, 3.63) is 23.8 Å². The molecule has 152 valence electrons. The van der Waals surface area contributed by atoms with E-state index in [9.17, 15) is 27.6 Å². The highest BCUT2D eigenvalue weighted by atomic mass is 19.4. The van der Waals surface area contributed by atoms with Crippen LogP contribution in [0, 0.1) is 5.92 Å². The van der Waals surface area contributed by atoms with Crippen LogP contribution in [0.5, 0.6) is 0 Å². The van der Waals surface area contributed by atoms with E-state index in [1.807, 2.05) is 13.8 Å². The summed E-state index contributed by atoms with van der Waals surface area (Å²) in [5.41, 5.74) is 2.11. The minimum Gasteiger partial charge on any atom is -0.324 e. The summed E-state index contributed by atoms with van der Waals surface area (Å²) in [7, 11) is 0. The molecule has 1 atom stereocenters. The summed E-state index contributed by atoms with van der Waals surface area (Å²) in [6.45, 7) is 4.11. The summed E-state index contributed by atoms with van der Waals surface area (Å²) in [5.74, 6) is -2.74. The zero-order valence-corrected chi connectivity index (χ0v) is 15.7. The Morgan fingerprint density at radius 3 is 2.54 bits per heavy atom. The van der Waals surface area contributed by atoms with Crippen molar-refractivity contribution < 1.29 is 27.6 Å². The number of anilines is 2. The molecule has 1 N–H and O–H groups in total. The minimum atomic E-state index is -5.00. The van der Waals surface area contributed by atoms with Gasteiger partial charge in [-0.1, -0.05) is 13.8 Å².